The van der Waals surface area contributed by atoms with Gasteiger partial charge in [-0.3, -0.25) is 4.79 Å². The third-order valence-electron chi connectivity index (χ3n) is 5.35. The maximum atomic E-state index is 13.3. The van der Waals surface area contributed by atoms with Crippen molar-refractivity contribution in [1.82, 2.24) is 4.57 Å². The maximum absolute atomic E-state index is 13.3. The van der Waals surface area contributed by atoms with Gasteiger partial charge >= 0.3 is 5.63 Å². The fourth-order valence-electron chi connectivity index (χ4n) is 3.65. The van der Waals surface area contributed by atoms with Crippen LogP contribution in [-0.2, 0) is 13.0 Å². The van der Waals surface area contributed by atoms with Crippen molar-refractivity contribution >= 4 is 22.7 Å². The Morgan fingerprint density at radius 3 is 2.42 bits per heavy atom. The molecule has 4 rings (SSSR count). The second-order valence-corrected chi connectivity index (χ2v) is 8.49. The highest BCUT2D eigenvalue weighted by Gasteiger charge is 2.20. The SMILES string of the molecule is COc1ccc(CCn2c(C)cc3oc(=O)c(Sc4ccccc4)c(O)c3c2=O)cc1OC. The third-order valence-corrected chi connectivity index (χ3v) is 6.42. The molecule has 170 valence electrons. The predicted octanol–water partition coefficient (Wildman–Crippen LogP) is 4.38. The van der Waals surface area contributed by atoms with E-state index in [2.05, 4.69) is 0 Å². The monoisotopic (exact) mass is 465 g/mol. The number of fused-ring (bicyclic) bond motifs is 1. The largest absolute Gasteiger partial charge is 0.505 e. The van der Waals surface area contributed by atoms with E-state index in [0.29, 0.717) is 30.2 Å². The first kappa shape index (κ1) is 22.5. The fraction of sp³-hybridized carbons (Fsp3) is 0.200. The molecule has 0 unspecified atom stereocenters. The number of hydrogen-bond acceptors (Lipinski definition) is 7. The quantitative estimate of drug-likeness (QED) is 0.433. The highest BCUT2D eigenvalue weighted by molar-refractivity contribution is 7.99. The molecule has 0 aliphatic rings. The van der Waals surface area contributed by atoms with E-state index in [-0.39, 0.29) is 21.6 Å². The Balaban J connectivity index is 1.72. The van der Waals surface area contributed by atoms with E-state index in [1.165, 1.54) is 0 Å². The predicted molar refractivity (Wildman–Crippen MR) is 127 cm³/mol. The lowest BCUT2D eigenvalue weighted by Gasteiger charge is -2.14. The number of ether oxygens (including phenoxy) is 2. The minimum atomic E-state index is -0.685. The summed E-state index contributed by atoms with van der Waals surface area (Å²) in [6.45, 7) is 2.13. The lowest BCUT2D eigenvalue weighted by atomic mass is 10.1. The molecule has 2 heterocycles. The van der Waals surface area contributed by atoms with Gasteiger partial charge in [0.2, 0.25) is 0 Å². The fourth-order valence-corrected chi connectivity index (χ4v) is 4.50. The summed E-state index contributed by atoms with van der Waals surface area (Å²) in [4.78, 5) is 26.6. The average molecular weight is 466 g/mol. The van der Waals surface area contributed by atoms with Crippen molar-refractivity contribution in [2.75, 3.05) is 14.2 Å². The van der Waals surface area contributed by atoms with Crippen molar-refractivity contribution in [2.24, 2.45) is 0 Å². The van der Waals surface area contributed by atoms with Gasteiger partial charge in [-0.1, -0.05) is 36.0 Å². The summed E-state index contributed by atoms with van der Waals surface area (Å²) in [7, 11) is 3.14. The number of nitrogens with zero attached hydrogens (tertiary/aromatic N) is 1. The summed E-state index contributed by atoms with van der Waals surface area (Å²) in [5.74, 6) is 0.878. The molecular formula is C25H23NO6S. The molecule has 7 nitrogen and oxygen atoms in total. The first-order valence-corrected chi connectivity index (χ1v) is 11.1. The molecule has 4 aromatic rings. The van der Waals surface area contributed by atoms with Gasteiger partial charge in [-0.05, 0) is 43.2 Å². The number of aromatic hydroxyl groups is 1. The summed E-state index contributed by atoms with van der Waals surface area (Å²) in [6, 6.07) is 16.3. The van der Waals surface area contributed by atoms with Crippen LogP contribution < -0.4 is 20.7 Å². The molecule has 0 radical (unpaired) electrons. The van der Waals surface area contributed by atoms with Gasteiger partial charge in [-0.25, -0.2) is 4.79 Å². The van der Waals surface area contributed by atoms with Crippen molar-refractivity contribution in [3.63, 3.8) is 0 Å². The van der Waals surface area contributed by atoms with Gasteiger partial charge in [0.1, 0.15) is 15.9 Å². The molecule has 0 aliphatic heterocycles. The van der Waals surface area contributed by atoms with E-state index >= 15 is 0 Å². The molecule has 2 aromatic carbocycles. The Labute approximate surface area is 194 Å². The Morgan fingerprint density at radius 1 is 1.00 bits per heavy atom. The third kappa shape index (κ3) is 4.47. The number of hydrogen-bond donors (Lipinski definition) is 1. The van der Waals surface area contributed by atoms with Crippen LogP contribution in [0.5, 0.6) is 17.2 Å². The topological polar surface area (TPSA) is 90.9 Å². The van der Waals surface area contributed by atoms with Gasteiger partial charge in [-0.15, -0.1) is 0 Å². The molecule has 0 spiro atoms. The van der Waals surface area contributed by atoms with Crippen LogP contribution in [-0.4, -0.2) is 23.9 Å². The van der Waals surface area contributed by atoms with Crippen LogP contribution in [0.4, 0.5) is 0 Å². The Kier molecular flexibility index (Phi) is 6.46. The number of aromatic nitrogens is 1. The maximum Gasteiger partial charge on any atom is 0.354 e. The van der Waals surface area contributed by atoms with Crippen LogP contribution in [0.3, 0.4) is 0 Å². The molecule has 0 fully saturated rings. The lowest BCUT2D eigenvalue weighted by molar-refractivity contribution is 0.354. The Hall–Kier alpha value is -3.65. The van der Waals surface area contributed by atoms with E-state index in [1.54, 1.807) is 31.8 Å². The smallest absolute Gasteiger partial charge is 0.354 e. The molecule has 0 amide bonds. The van der Waals surface area contributed by atoms with E-state index in [9.17, 15) is 14.7 Å². The van der Waals surface area contributed by atoms with E-state index < -0.39 is 11.2 Å². The number of rotatable bonds is 7. The first-order chi connectivity index (χ1) is 15.9. The number of methoxy groups -OCH3 is 2. The normalized spacial score (nSPS) is 11.0. The summed E-state index contributed by atoms with van der Waals surface area (Å²) < 4.78 is 17.6. The van der Waals surface area contributed by atoms with Gasteiger partial charge in [-0.2, -0.15) is 0 Å². The molecule has 0 bridgehead atoms. The van der Waals surface area contributed by atoms with Gasteiger partial charge in [0.05, 0.1) is 14.2 Å². The van der Waals surface area contributed by atoms with Crippen LogP contribution in [0, 0.1) is 6.92 Å². The van der Waals surface area contributed by atoms with E-state index in [0.717, 1.165) is 22.2 Å². The summed E-state index contributed by atoms with van der Waals surface area (Å²) in [5.41, 5.74) is 0.555. The highest BCUT2D eigenvalue weighted by Crippen LogP contribution is 2.35. The van der Waals surface area contributed by atoms with Crippen molar-refractivity contribution < 1.29 is 19.0 Å². The molecule has 0 saturated heterocycles. The molecule has 2 aromatic heterocycles. The van der Waals surface area contributed by atoms with Crippen LogP contribution in [0.15, 0.2) is 78.4 Å². The van der Waals surface area contributed by atoms with E-state index in [4.69, 9.17) is 13.9 Å². The molecule has 0 atom stereocenters. The van der Waals surface area contributed by atoms with Crippen LogP contribution >= 0.6 is 11.8 Å². The van der Waals surface area contributed by atoms with Crippen LogP contribution in [0.2, 0.25) is 0 Å². The zero-order valence-corrected chi connectivity index (χ0v) is 19.3. The minimum absolute atomic E-state index is 0.00839. The van der Waals surface area contributed by atoms with Crippen molar-refractivity contribution in [2.45, 2.75) is 29.7 Å². The number of benzene rings is 2. The minimum Gasteiger partial charge on any atom is -0.505 e. The van der Waals surface area contributed by atoms with Crippen LogP contribution in [0.25, 0.3) is 11.0 Å². The highest BCUT2D eigenvalue weighted by atomic mass is 32.2. The standard InChI is InChI=1S/C25H23NO6S/c1-15-13-20-21(22(27)23(25(29)32-20)33-17-7-5-4-6-8-17)24(28)26(15)12-11-16-9-10-18(30-2)19(14-16)31-3/h4-10,13-14,27H,11-12H2,1-3H3. The first-order valence-electron chi connectivity index (χ1n) is 10.3. The molecule has 33 heavy (non-hydrogen) atoms. The molecule has 1 N–H and O–H groups in total. The molecule has 8 heteroatoms. The zero-order chi connectivity index (χ0) is 23.5. The van der Waals surface area contributed by atoms with Gasteiger partial charge in [0.15, 0.2) is 17.2 Å². The Bertz CT molecular complexity index is 1430. The zero-order valence-electron chi connectivity index (χ0n) is 18.5. The molecule has 0 aliphatic carbocycles. The second-order valence-electron chi connectivity index (χ2n) is 7.40. The molecule has 0 saturated carbocycles. The second kappa shape index (κ2) is 9.46. The average Bonchev–Trinajstić information content (AvgIpc) is 2.81. The van der Waals surface area contributed by atoms with Gasteiger partial charge in [0.25, 0.3) is 5.56 Å². The van der Waals surface area contributed by atoms with E-state index in [1.807, 2.05) is 48.5 Å². The number of pyridine rings is 1. The van der Waals surface area contributed by atoms with Crippen LogP contribution in [0.1, 0.15) is 11.3 Å². The van der Waals surface area contributed by atoms with Gasteiger partial charge < -0.3 is 23.6 Å². The Morgan fingerprint density at radius 2 is 1.73 bits per heavy atom. The summed E-state index contributed by atoms with van der Waals surface area (Å²) >= 11 is 1.06. The van der Waals surface area contributed by atoms with Crippen molar-refractivity contribution in [1.29, 1.82) is 0 Å². The van der Waals surface area contributed by atoms with Gasteiger partial charge in [0, 0.05) is 23.2 Å². The summed E-state index contributed by atoms with van der Waals surface area (Å²) in [5, 5.41) is 10.9. The number of aryl methyl sites for hydroxylation is 2. The summed E-state index contributed by atoms with van der Waals surface area (Å²) in [6.07, 6.45) is 0.551. The van der Waals surface area contributed by atoms with Crippen molar-refractivity contribution in [3.8, 4) is 17.2 Å². The molecular weight excluding hydrogens is 442 g/mol. The lowest BCUT2D eigenvalue weighted by Crippen LogP contribution is -2.24. The van der Waals surface area contributed by atoms with Crippen molar-refractivity contribution in [3.05, 3.63) is 86.6 Å².